The van der Waals surface area contributed by atoms with Crippen LogP contribution in [0, 0.1) is 6.92 Å². The highest BCUT2D eigenvalue weighted by Gasteiger charge is 2.33. The van der Waals surface area contributed by atoms with Gasteiger partial charge in [0.05, 0.1) is 0 Å². The Morgan fingerprint density at radius 1 is 1.05 bits per heavy atom. The summed E-state index contributed by atoms with van der Waals surface area (Å²) in [7, 11) is 0. The Morgan fingerprint density at radius 3 is 2.45 bits per heavy atom. The summed E-state index contributed by atoms with van der Waals surface area (Å²) < 4.78 is 0. The summed E-state index contributed by atoms with van der Waals surface area (Å²) in [6.07, 6.45) is 9.21. The number of phenols is 1. The Kier molecular flexibility index (Phi) is 4.02. The molecule has 1 saturated carbocycles. The van der Waals surface area contributed by atoms with E-state index in [0.717, 1.165) is 6.42 Å². The molecule has 0 heterocycles. The molecule has 2 nitrogen and oxygen atoms in total. The largest absolute Gasteiger partial charge is 0.508 e. The third-order valence-electron chi connectivity index (χ3n) is 5.20. The maximum absolute atomic E-state index is 10.3. The first-order valence-corrected chi connectivity index (χ1v) is 8.25. The van der Waals surface area contributed by atoms with Crippen LogP contribution in [0.4, 0.5) is 0 Å². The lowest BCUT2D eigenvalue weighted by molar-refractivity contribution is 0.379. The topological polar surface area (TPSA) is 32.3 Å². The molecule has 0 bridgehead atoms. The van der Waals surface area contributed by atoms with Crippen LogP contribution in [0.3, 0.4) is 0 Å². The van der Waals surface area contributed by atoms with E-state index in [4.69, 9.17) is 0 Å². The minimum Gasteiger partial charge on any atom is -0.508 e. The standard InChI is InChI=1S/C18H27NO/c1-12-9-10-16(20)18-15(11-13(2)17(12)18)19-14-7-5-3-4-6-8-14/h9-10,13-15,19-20H,3-8,11H2,1-2H3. The van der Waals surface area contributed by atoms with Gasteiger partial charge in [0.25, 0.3) is 0 Å². The molecule has 0 aliphatic heterocycles. The van der Waals surface area contributed by atoms with Gasteiger partial charge in [0.15, 0.2) is 0 Å². The summed E-state index contributed by atoms with van der Waals surface area (Å²) >= 11 is 0. The first kappa shape index (κ1) is 13.9. The predicted molar refractivity (Wildman–Crippen MR) is 83.2 cm³/mol. The number of hydrogen-bond acceptors (Lipinski definition) is 2. The zero-order valence-corrected chi connectivity index (χ0v) is 12.8. The lowest BCUT2D eigenvalue weighted by atomic mass is 9.97. The molecule has 3 rings (SSSR count). The van der Waals surface area contributed by atoms with E-state index in [0.29, 0.717) is 23.8 Å². The quantitative estimate of drug-likeness (QED) is 0.774. The van der Waals surface area contributed by atoms with Crippen LogP contribution in [0.1, 0.15) is 80.5 Å². The maximum atomic E-state index is 10.3. The highest BCUT2D eigenvalue weighted by Crippen LogP contribution is 2.46. The molecule has 110 valence electrons. The number of fused-ring (bicyclic) bond motifs is 1. The summed E-state index contributed by atoms with van der Waals surface area (Å²) in [5.74, 6) is 1.04. The van der Waals surface area contributed by atoms with E-state index in [9.17, 15) is 5.11 Å². The number of nitrogens with one attached hydrogen (secondary N) is 1. The van der Waals surface area contributed by atoms with Crippen molar-refractivity contribution >= 4 is 0 Å². The van der Waals surface area contributed by atoms with Crippen LogP contribution >= 0.6 is 0 Å². The lowest BCUT2D eigenvalue weighted by Gasteiger charge is -2.23. The van der Waals surface area contributed by atoms with Crippen molar-refractivity contribution < 1.29 is 5.11 Å². The number of rotatable bonds is 2. The van der Waals surface area contributed by atoms with E-state index in [1.54, 1.807) is 0 Å². The van der Waals surface area contributed by atoms with Crippen molar-refractivity contribution in [1.82, 2.24) is 5.32 Å². The molecule has 1 aromatic carbocycles. The second kappa shape index (κ2) is 5.77. The van der Waals surface area contributed by atoms with Crippen molar-refractivity contribution in [1.29, 1.82) is 0 Å². The molecular formula is C18H27NO. The molecule has 0 radical (unpaired) electrons. The first-order chi connectivity index (χ1) is 9.66. The van der Waals surface area contributed by atoms with Crippen molar-refractivity contribution in [3.63, 3.8) is 0 Å². The zero-order valence-electron chi connectivity index (χ0n) is 12.8. The number of hydrogen-bond donors (Lipinski definition) is 2. The first-order valence-electron chi connectivity index (χ1n) is 8.25. The third-order valence-corrected chi connectivity index (χ3v) is 5.20. The Morgan fingerprint density at radius 2 is 1.75 bits per heavy atom. The average molecular weight is 273 g/mol. The zero-order chi connectivity index (χ0) is 14.1. The fourth-order valence-corrected chi connectivity index (χ4v) is 4.23. The molecule has 2 N–H and O–H groups in total. The van der Waals surface area contributed by atoms with Crippen LogP contribution in [0.5, 0.6) is 5.75 Å². The molecule has 0 spiro atoms. The van der Waals surface area contributed by atoms with Crippen molar-refractivity contribution in [2.24, 2.45) is 0 Å². The van der Waals surface area contributed by atoms with Crippen molar-refractivity contribution in [2.75, 3.05) is 0 Å². The molecule has 2 aliphatic carbocycles. The van der Waals surface area contributed by atoms with Gasteiger partial charge < -0.3 is 10.4 Å². The number of benzene rings is 1. The Balaban J connectivity index is 1.82. The second-order valence-electron chi connectivity index (χ2n) is 6.77. The molecule has 2 atom stereocenters. The van der Waals surface area contributed by atoms with E-state index in [2.05, 4.69) is 25.2 Å². The minimum atomic E-state index is 0.350. The Labute approximate surface area is 122 Å². The maximum Gasteiger partial charge on any atom is 0.120 e. The van der Waals surface area contributed by atoms with E-state index in [1.807, 2.05) is 6.07 Å². The number of aromatic hydroxyl groups is 1. The number of phenolic OH excluding ortho intramolecular Hbond substituents is 1. The molecule has 20 heavy (non-hydrogen) atoms. The van der Waals surface area contributed by atoms with Gasteiger partial charge in [-0.25, -0.2) is 0 Å². The van der Waals surface area contributed by atoms with E-state index in [-0.39, 0.29) is 0 Å². The lowest BCUT2D eigenvalue weighted by Crippen LogP contribution is -2.31. The van der Waals surface area contributed by atoms with Gasteiger partial charge in [-0.05, 0) is 49.3 Å². The molecule has 2 heteroatoms. The Bertz CT molecular complexity index is 475. The molecule has 0 amide bonds. The second-order valence-corrected chi connectivity index (χ2v) is 6.77. The van der Waals surface area contributed by atoms with Crippen molar-refractivity contribution in [3.05, 3.63) is 28.8 Å². The summed E-state index contributed by atoms with van der Waals surface area (Å²) in [6.45, 7) is 4.46. The van der Waals surface area contributed by atoms with Gasteiger partial charge in [-0.15, -0.1) is 0 Å². The van der Waals surface area contributed by atoms with Crippen LogP contribution in [-0.4, -0.2) is 11.1 Å². The summed E-state index contributed by atoms with van der Waals surface area (Å²) in [6, 6.07) is 4.91. The van der Waals surface area contributed by atoms with Crippen LogP contribution < -0.4 is 5.32 Å². The monoisotopic (exact) mass is 273 g/mol. The Hall–Kier alpha value is -1.02. The summed E-state index contributed by atoms with van der Waals surface area (Å²) in [5, 5.41) is 14.1. The molecule has 1 aromatic rings. The highest BCUT2D eigenvalue weighted by molar-refractivity contribution is 5.50. The van der Waals surface area contributed by atoms with Gasteiger partial charge in [-0.3, -0.25) is 0 Å². The van der Waals surface area contributed by atoms with Gasteiger partial charge >= 0.3 is 0 Å². The van der Waals surface area contributed by atoms with E-state index >= 15 is 0 Å². The summed E-state index contributed by atoms with van der Waals surface area (Å²) in [5.41, 5.74) is 3.90. The summed E-state index contributed by atoms with van der Waals surface area (Å²) in [4.78, 5) is 0. The van der Waals surface area contributed by atoms with Crippen LogP contribution in [0.25, 0.3) is 0 Å². The fourth-order valence-electron chi connectivity index (χ4n) is 4.23. The predicted octanol–water partition coefficient (Wildman–Crippen LogP) is 4.56. The van der Waals surface area contributed by atoms with Gasteiger partial charge in [-0.1, -0.05) is 38.7 Å². The molecule has 2 unspecified atom stereocenters. The van der Waals surface area contributed by atoms with Gasteiger partial charge in [0.1, 0.15) is 5.75 Å². The van der Waals surface area contributed by atoms with Crippen LogP contribution in [0.2, 0.25) is 0 Å². The highest BCUT2D eigenvalue weighted by atomic mass is 16.3. The van der Waals surface area contributed by atoms with E-state index < -0.39 is 0 Å². The van der Waals surface area contributed by atoms with Gasteiger partial charge in [0, 0.05) is 17.6 Å². The fraction of sp³-hybridized carbons (Fsp3) is 0.667. The van der Waals surface area contributed by atoms with Crippen molar-refractivity contribution in [3.8, 4) is 5.75 Å². The third kappa shape index (κ3) is 2.58. The van der Waals surface area contributed by atoms with Gasteiger partial charge in [0.2, 0.25) is 0 Å². The molecular weight excluding hydrogens is 246 g/mol. The molecule has 0 saturated heterocycles. The molecule has 1 fully saturated rings. The minimum absolute atomic E-state index is 0.350. The van der Waals surface area contributed by atoms with Crippen LogP contribution in [-0.2, 0) is 0 Å². The molecule has 2 aliphatic rings. The van der Waals surface area contributed by atoms with E-state index in [1.165, 1.54) is 55.2 Å². The van der Waals surface area contributed by atoms with Gasteiger partial charge in [-0.2, -0.15) is 0 Å². The van der Waals surface area contributed by atoms with Crippen LogP contribution in [0.15, 0.2) is 12.1 Å². The molecule has 0 aromatic heterocycles. The smallest absolute Gasteiger partial charge is 0.120 e. The van der Waals surface area contributed by atoms with Crippen molar-refractivity contribution in [2.45, 2.75) is 76.8 Å². The SMILES string of the molecule is Cc1ccc(O)c2c1C(C)CC2NC1CCCCCC1. The normalized spacial score (nSPS) is 27.3. The number of aryl methyl sites for hydroxylation is 1. The average Bonchev–Trinajstić information content (AvgIpc) is 2.62.